The molecule has 9 nitrogen and oxygen atoms in total. The number of rotatable bonds is 11. The highest BCUT2D eigenvalue weighted by Crippen LogP contribution is 2.39. The fraction of sp³-hybridized carbons (Fsp3) is 0.372. The third-order valence-electron chi connectivity index (χ3n) is 10.8. The van der Waals surface area contributed by atoms with Gasteiger partial charge in [0.2, 0.25) is 0 Å². The molecule has 0 aliphatic carbocycles. The Morgan fingerprint density at radius 3 is 2.40 bits per heavy atom. The predicted octanol–water partition coefficient (Wildman–Crippen LogP) is 6.82. The van der Waals surface area contributed by atoms with Gasteiger partial charge in [-0.15, -0.1) is 0 Å². The molecule has 2 N–H and O–H groups in total. The molecule has 3 aliphatic rings. The Kier molecular flexibility index (Phi) is 10.7. The van der Waals surface area contributed by atoms with Crippen LogP contribution in [0.4, 0.5) is 0 Å². The van der Waals surface area contributed by atoms with E-state index in [0.717, 1.165) is 65.0 Å². The van der Waals surface area contributed by atoms with Crippen LogP contribution in [0.2, 0.25) is 0 Å². The lowest BCUT2D eigenvalue weighted by atomic mass is 9.98. The van der Waals surface area contributed by atoms with Gasteiger partial charge in [-0.2, -0.15) is 0 Å². The first-order valence-corrected chi connectivity index (χ1v) is 18.7. The zero-order valence-electron chi connectivity index (χ0n) is 29.6. The second-order valence-electron chi connectivity index (χ2n) is 14.4. The predicted molar refractivity (Wildman–Crippen MR) is 201 cm³/mol. The van der Waals surface area contributed by atoms with Crippen molar-refractivity contribution in [2.75, 3.05) is 32.7 Å². The van der Waals surface area contributed by atoms with Crippen molar-refractivity contribution in [3.63, 3.8) is 0 Å². The first kappa shape index (κ1) is 34.6. The summed E-state index contributed by atoms with van der Waals surface area (Å²) in [6.07, 6.45) is 6.78. The molecule has 4 aromatic carbocycles. The molecule has 5 aromatic rings. The van der Waals surface area contributed by atoms with Gasteiger partial charge in [-0.1, -0.05) is 72.8 Å². The molecule has 268 valence electrons. The van der Waals surface area contributed by atoms with Gasteiger partial charge < -0.3 is 24.8 Å². The summed E-state index contributed by atoms with van der Waals surface area (Å²) in [5.74, 6) is -0.261. The van der Waals surface area contributed by atoms with Crippen molar-refractivity contribution in [2.45, 2.75) is 69.8 Å². The van der Waals surface area contributed by atoms with Crippen LogP contribution in [-0.4, -0.2) is 75.7 Å². The Morgan fingerprint density at radius 2 is 1.58 bits per heavy atom. The number of carbonyl (C=O) groups is 1. The molecular formula is C43H47N5O4. The molecular weight excluding hydrogens is 651 g/mol. The fourth-order valence-corrected chi connectivity index (χ4v) is 7.97. The van der Waals surface area contributed by atoms with E-state index >= 15 is 0 Å². The van der Waals surface area contributed by atoms with Gasteiger partial charge in [-0.3, -0.25) is 14.7 Å². The minimum Gasteiger partial charge on any atom is -0.392 e. The zero-order chi connectivity index (χ0) is 35.3. The third kappa shape index (κ3) is 8.09. The average molecular weight is 698 g/mol. The molecule has 1 aromatic heterocycles. The number of aliphatic hydroxyl groups excluding tert-OH is 1. The van der Waals surface area contributed by atoms with E-state index < -0.39 is 6.29 Å². The monoisotopic (exact) mass is 697 g/mol. The number of fused-ring (bicyclic) bond motifs is 1. The second kappa shape index (κ2) is 16.0. The smallest absolute Gasteiger partial charge is 0.271 e. The van der Waals surface area contributed by atoms with Crippen molar-refractivity contribution in [2.24, 2.45) is 0 Å². The lowest BCUT2D eigenvalue weighted by Crippen LogP contribution is -2.45. The van der Waals surface area contributed by atoms with Gasteiger partial charge in [0.1, 0.15) is 5.69 Å². The van der Waals surface area contributed by atoms with Crippen molar-refractivity contribution >= 4 is 16.9 Å². The normalized spacial score (nSPS) is 22.6. The lowest BCUT2D eigenvalue weighted by molar-refractivity contribution is -0.253. The van der Waals surface area contributed by atoms with E-state index in [-0.39, 0.29) is 24.7 Å². The summed E-state index contributed by atoms with van der Waals surface area (Å²) >= 11 is 0. The molecule has 0 bridgehead atoms. The molecule has 0 spiro atoms. The number of nitrogens with one attached hydrogen (secondary N) is 1. The van der Waals surface area contributed by atoms with Crippen LogP contribution in [0.5, 0.6) is 0 Å². The number of hydrogen-bond donors (Lipinski definition) is 2. The molecule has 0 radical (unpaired) electrons. The minimum atomic E-state index is -0.522. The number of hydrogen-bond acceptors (Lipinski definition) is 8. The van der Waals surface area contributed by atoms with Crippen molar-refractivity contribution in [1.82, 2.24) is 25.1 Å². The second-order valence-corrected chi connectivity index (χ2v) is 14.4. The largest absolute Gasteiger partial charge is 0.392 e. The van der Waals surface area contributed by atoms with E-state index in [0.29, 0.717) is 23.8 Å². The van der Waals surface area contributed by atoms with Gasteiger partial charge in [0.05, 0.1) is 36.0 Å². The first-order chi connectivity index (χ1) is 25.6. The Morgan fingerprint density at radius 1 is 0.788 bits per heavy atom. The van der Waals surface area contributed by atoms with Gasteiger partial charge in [0, 0.05) is 37.7 Å². The van der Waals surface area contributed by atoms with Crippen molar-refractivity contribution in [1.29, 1.82) is 0 Å². The summed E-state index contributed by atoms with van der Waals surface area (Å²) in [6.45, 7) is 5.99. The van der Waals surface area contributed by atoms with Crippen LogP contribution in [0.1, 0.15) is 77.2 Å². The van der Waals surface area contributed by atoms with E-state index in [1.165, 1.54) is 45.0 Å². The molecule has 0 saturated carbocycles. The van der Waals surface area contributed by atoms with Crippen LogP contribution < -0.4 is 5.32 Å². The van der Waals surface area contributed by atoms with Gasteiger partial charge in [0.25, 0.3) is 5.91 Å². The zero-order valence-corrected chi connectivity index (χ0v) is 29.6. The quantitative estimate of drug-likeness (QED) is 0.155. The maximum absolute atomic E-state index is 13.0. The first-order valence-electron chi connectivity index (χ1n) is 18.7. The number of aliphatic hydroxyl groups is 1. The Balaban J connectivity index is 0.981. The Labute approximate surface area is 305 Å². The number of nitrogens with zero attached hydrogens (tertiary/aromatic N) is 4. The van der Waals surface area contributed by atoms with Crippen molar-refractivity contribution in [3.8, 4) is 11.1 Å². The van der Waals surface area contributed by atoms with Crippen molar-refractivity contribution in [3.05, 3.63) is 131 Å². The summed E-state index contributed by atoms with van der Waals surface area (Å²) < 4.78 is 13.6. The Hall–Kier alpha value is -4.51. The van der Waals surface area contributed by atoms with Gasteiger partial charge in [-0.25, -0.2) is 4.98 Å². The van der Waals surface area contributed by atoms with E-state index in [4.69, 9.17) is 9.47 Å². The van der Waals surface area contributed by atoms with E-state index in [1.54, 1.807) is 0 Å². The molecule has 3 fully saturated rings. The molecule has 3 saturated heterocycles. The van der Waals surface area contributed by atoms with Crippen LogP contribution in [0.15, 0.2) is 103 Å². The third-order valence-corrected chi connectivity index (χ3v) is 10.8. The van der Waals surface area contributed by atoms with Crippen LogP contribution >= 0.6 is 0 Å². The maximum Gasteiger partial charge on any atom is 0.271 e. The summed E-state index contributed by atoms with van der Waals surface area (Å²) in [4.78, 5) is 27.1. The Bertz CT molecular complexity index is 1980. The van der Waals surface area contributed by atoms with Crippen LogP contribution in [-0.2, 0) is 22.6 Å². The SMILES string of the molecule is O=C(NCc1cccc(-c2cccc(C3OC(CN4CCCC4CN4CCCC4)CC(c4ccc(CO)cc4)O3)c2)c1)c1cnc2ccccc2n1. The number of likely N-dealkylation sites (tertiary alicyclic amines) is 2. The van der Waals surface area contributed by atoms with E-state index in [1.807, 2.05) is 48.5 Å². The molecule has 4 atom stereocenters. The summed E-state index contributed by atoms with van der Waals surface area (Å²) in [7, 11) is 0. The van der Waals surface area contributed by atoms with Crippen LogP contribution in [0, 0.1) is 0 Å². The number of benzene rings is 4. The topological polar surface area (TPSA) is 100 Å². The summed E-state index contributed by atoms with van der Waals surface area (Å²) in [5.41, 5.74) is 7.79. The minimum absolute atomic E-state index is 0.0170. The van der Waals surface area contributed by atoms with E-state index in [9.17, 15) is 9.90 Å². The molecule has 4 heterocycles. The molecule has 4 unspecified atom stereocenters. The van der Waals surface area contributed by atoms with Crippen LogP contribution in [0.3, 0.4) is 0 Å². The highest BCUT2D eigenvalue weighted by Gasteiger charge is 2.36. The van der Waals surface area contributed by atoms with Gasteiger partial charge in [-0.05, 0) is 97.4 Å². The molecule has 52 heavy (non-hydrogen) atoms. The standard InChI is InChI=1S/C43H47N5O4/c49-29-30-15-17-32(18-16-30)41-24-37(28-48-21-7-12-36(48)27-47-19-3-4-20-47)51-43(52-41)35-11-6-10-34(23-35)33-9-5-8-31(22-33)25-45-42(50)40-26-44-38-13-1-2-14-39(38)46-40/h1-2,5-6,8-11,13-18,22-23,26,36-37,41,43,49H,3-4,7,12,19-21,24-25,27-29H2,(H,45,50). The molecule has 1 amide bonds. The lowest BCUT2D eigenvalue weighted by Gasteiger charge is -2.39. The summed E-state index contributed by atoms with van der Waals surface area (Å²) in [5, 5.41) is 12.6. The number of amides is 1. The van der Waals surface area contributed by atoms with Gasteiger partial charge in [0.15, 0.2) is 6.29 Å². The number of para-hydroxylation sites is 2. The fourth-order valence-electron chi connectivity index (χ4n) is 7.97. The maximum atomic E-state index is 13.0. The highest BCUT2D eigenvalue weighted by atomic mass is 16.7. The molecule has 8 rings (SSSR count). The van der Waals surface area contributed by atoms with E-state index in [2.05, 4.69) is 73.6 Å². The highest BCUT2D eigenvalue weighted by molar-refractivity contribution is 5.93. The average Bonchev–Trinajstić information content (AvgIpc) is 3.89. The number of carbonyl (C=O) groups excluding carboxylic acids is 1. The van der Waals surface area contributed by atoms with Crippen LogP contribution in [0.25, 0.3) is 22.2 Å². The van der Waals surface area contributed by atoms with Gasteiger partial charge >= 0.3 is 0 Å². The molecule has 9 heteroatoms. The number of ether oxygens (including phenoxy) is 2. The molecule has 3 aliphatic heterocycles. The summed E-state index contributed by atoms with van der Waals surface area (Å²) in [6, 6.07) is 32.9. The number of aromatic nitrogens is 2. The van der Waals surface area contributed by atoms with Crippen molar-refractivity contribution < 1.29 is 19.4 Å².